The highest BCUT2D eigenvalue weighted by atomic mass is 35.5. The zero-order chi connectivity index (χ0) is 17.8. The molecule has 3 aromatic rings. The Morgan fingerprint density at radius 3 is 2.76 bits per heavy atom. The Labute approximate surface area is 151 Å². The minimum atomic E-state index is -0.822. The average molecular weight is 374 g/mol. The predicted octanol–water partition coefficient (Wildman–Crippen LogP) is 2.50. The number of benzene rings is 1. The maximum Gasteiger partial charge on any atom is 0.332 e. The van der Waals surface area contributed by atoms with E-state index in [-0.39, 0.29) is 11.1 Å². The average Bonchev–Trinajstić information content (AvgIpc) is 2.59. The molecule has 25 heavy (non-hydrogen) atoms. The van der Waals surface area contributed by atoms with Gasteiger partial charge in [-0.3, -0.25) is 9.20 Å². The number of primary amides is 1. The number of nitrogens with zero attached hydrogens (tertiary/aromatic N) is 3. The second kappa shape index (κ2) is 7.37. The fourth-order valence-electron chi connectivity index (χ4n) is 2.05. The molecule has 0 unspecified atom stereocenters. The van der Waals surface area contributed by atoms with Crippen molar-refractivity contribution in [3.8, 4) is 0 Å². The van der Waals surface area contributed by atoms with E-state index in [0.29, 0.717) is 15.7 Å². The first-order valence-electron chi connectivity index (χ1n) is 7.08. The molecule has 0 atom stereocenters. The van der Waals surface area contributed by atoms with Crippen LogP contribution in [0, 0.1) is 0 Å². The number of halogens is 1. The van der Waals surface area contributed by atoms with Crippen molar-refractivity contribution in [1.82, 2.24) is 14.8 Å². The summed E-state index contributed by atoms with van der Waals surface area (Å²) in [6.07, 6.45) is 2.85. The van der Waals surface area contributed by atoms with E-state index >= 15 is 0 Å². The largest absolute Gasteiger partial charge is 0.350 e. The first-order valence-corrected chi connectivity index (χ1v) is 8.27. The van der Waals surface area contributed by atoms with Gasteiger partial charge in [0.1, 0.15) is 10.7 Å². The summed E-state index contributed by atoms with van der Waals surface area (Å²) < 4.78 is 1.40. The van der Waals surface area contributed by atoms with Crippen LogP contribution >= 0.6 is 23.4 Å². The van der Waals surface area contributed by atoms with Gasteiger partial charge in [0.25, 0.3) is 5.56 Å². The van der Waals surface area contributed by atoms with Crippen LogP contribution in [-0.4, -0.2) is 21.6 Å². The van der Waals surface area contributed by atoms with Crippen LogP contribution < -0.4 is 16.7 Å². The van der Waals surface area contributed by atoms with Crippen molar-refractivity contribution in [1.29, 1.82) is 0 Å². The smallest absolute Gasteiger partial charge is 0.332 e. The minimum Gasteiger partial charge on any atom is -0.350 e. The summed E-state index contributed by atoms with van der Waals surface area (Å²) in [7, 11) is 0. The first kappa shape index (κ1) is 17.0. The second-order valence-electron chi connectivity index (χ2n) is 4.85. The molecule has 9 heteroatoms. The molecule has 0 spiro atoms. The number of hydrazone groups is 1. The quantitative estimate of drug-likeness (QED) is 0.416. The monoisotopic (exact) mass is 373 g/mol. The van der Waals surface area contributed by atoms with Gasteiger partial charge in [-0.25, -0.2) is 15.2 Å². The highest BCUT2D eigenvalue weighted by Gasteiger charge is 2.12. The Bertz CT molecular complexity index is 1020. The lowest BCUT2D eigenvalue weighted by Crippen LogP contribution is -2.26. The highest BCUT2D eigenvalue weighted by molar-refractivity contribution is 7.99. The van der Waals surface area contributed by atoms with Gasteiger partial charge in [0.2, 0.25) is 0 Å². The second-order valence-corrected chi connectivity index (χ2v) is 6.35. The molecule has 7 nitrogen and oxygen atoms in total. The number of nitrogens with one attached hydrogen (secondary N) is 1. The number of hydrogen-bond acceptors (Lipinski definition) is 5. The predicted molar refractivity (Wildman–Crippen MR) is 97.4 cm³/mol. The molecule has 2 amide bonds. The number of amides is 2. The lowest BCUT2D eigenvalue weighted by atomic mass is 10.3. The lowest BCUT2D eigenvalue weighted by Gasteiger charge is -2.07. The van der Waals surface area contributed by atoms with Crippen LogP contribution in [0.15, 0.2) is 68.5 Å². The van der Waals surface area contributed by atoms with Gasteiger partial charge in [0.05, 0.1) is 11.8 Å². The maximum atomic E-state index is 12.7. The van der Waals surface area contributed by atoms with Gasteiger partial charge in [-0.2, -0.15) is 5.10 Å². The van der Waals surface area contributed by atoms with Crippen LogP contribution in [0.4, 0.5) is 4.79 Å². The van der Waals surface area contributed by atoms with Gasteiger partial charge in [-0.05, 0) is 36.4 Å². The molecular weight excluding hydrogens is 362 g/mol. The van der Waals surface area contributed by atoms with Gasteiger partial charge in [0, 0.05) is 16.1 Å². The molecule has 1 aromatic carbocycles. The number of urea groups is 1. The van der Waals surface area contributed by atoms with Crippen molar-refractivity contribution in [2.75, 3.05) is 0 Å². The van der Waals surface area contributed by atoms with Gasteiger partial charge < -0.3 is 5.73 Å². The van der Waals surface area contributed by atoms with Crippen LogP contribution in [0.1, 0.15) is 5.56 Å². The Kier molecular flexibility index (Phi) is 5.01. The van der Waals surface area contributed by atoms with E-state index in [2.05, 4.69) is 15.5 Å². The van der Waals surface area contributed by atoms with Crippen molar-refractivity contribution in [3.05, 3.63) is 69.6 Å². The summed E-state index contributed by atoms with van der Waals surface area (Å²) in [5, 5.41) is 4.75. The summed E-state index contributed by atoms with van der Waals surface area (Å²) >= 11 is 7.19. The van der Waals surface area contributed by atoms with E-state index in [9.17, 15) is 9.59 Å². The van der Waals surface area contributed by atoms with E-state index in [0.717, 1.165) is 4.90 Å². The van der Waals surface area contributed by atoms with Crippen molar-refractivity contribution >= 4 is 41.3 Å². The topological polar surface area (TPSA) is 102 Å². The Morgan fingerprint density at radius 2 is 2.04 bits per heavy atom. The van der Waals surface area contributed by atoms with Crippen LogP contribution in [0.3, 0.4) is 0 Å². The van der Waals surface area contributed by atoms with E-state index in [1.54, 1.807) is 36.5 Å². The van der Waals surface area contributed by atoms with E-state index in [4.69, 9.17) is 17.3 Å². The number of aromatic nitrogens is 2. The number of rotatable bonds is 4. The standard InChI is InChI=1S/C16H12ClN5O2S/c17-10-4-6-11(7-5-10)25-14-12(9-19-21-16(18)24)15(23)22-8-2-1-3-13(22)20-14/h1-9H,(H3,18,21,24)/b19-9-. The third kappa shape index (κ3) is 3.98. The molecule has 2 aromatic heterocycles. The summed E-state index contributed by atoms with van der Waals surface area (Å²) in [6, 6.07) is 11.6. The number of carbonyl (C=O) groups excluding carboxylic acids is 1. The van der Waals surface area contributed by atoms with Crippen molar-refractivity contribution < 1.29 is 4.79 Å². The van der Waals surface area contributed by atoms with Crippen LogP contribution in [0.5, 0.6) is 0 Å². The Hall–Kier alpha value is -2.84. The number of carbonyl (C=O) groups is 1. The van der Waals surface area contributed by atoms with Gasteiger partial charge in [0.15, 0.2) is 0 Å². The van der Waals surface area contributed by atoms with Gasteiger partial charge in [-0.1, -0.05) is 29.4 Å². The zero-order valence-electron chi connectivity index (χ0n) is 12.7. The normalized spacial score (nSPS) is 11.1. The third-order valence-electron chi connectivity index (χ3n) is 3.13. The molecule has 0 aliphatic rings. The molecular formula is C16H12ClN5O2S. The molecule has 0 aliphatic heterocycles. The summed E-state index contributed by atoms with van der Waals surface area (Å²) in [4.78, 5) is 28.9. The molecule has 126 valence electrons. The van der Waals surface area contributed by atoms with Gasteiger partial charge >= 0.3 is 6.03 Å². The summed E-state index contributed by atoms with van der Waals surface area (Å²) in [5.74, 6) is 0. The number of nitrogens with two attached hydrogens (primary N) is 1. The molecule has 3 N–H and O–H groups in total. The number of fused-ring (bicyclic) bond motifs is 1. The fourth-order valence-corrected chi connectivity index (χ4v) is 3.06. The molecule has 0 bridgehead atoms. The van der Waals surface area contributed by atoms with Crippen molar-refractivity contribution in [3.63, 3.8) is 0 Å². The minimum absolute atomic E-state index is 0.234. The first-order chi connectivity index (χ1) is 12.0. The summed E-state index contributed by atoms with van der Waals surface area (Å²) in [5.41, 5.74) is 7.48. The molecule has 0 saturated carbocycles. The van der Waals surface area contributed by atoms with Crippen molar-refractivity contribution in [2.45, 2.75) is 9.92 Å². The molecule has 0 fully saturated rings. The molecule has 2 heterocycles. The van der Waals surface area contributed by atoms with Crippen molar-refractivity contribution in [2.24, 2.45) is 10.8 Å². The summed E-state index contributed by atoms with van der Waals surface area (Å²) in [6.45, 7) is 0. The Morgan fingerprint density at radius 1 is 1.28 bits per heavy atom. The molecule has 3 rings (SSSR count). The van der Waals surface area contributed by atoms with E-state index < -0.39 is 6.03 Å². The SMILES string of the molecule is NC(=O)N/N=C\c1c(Sc2ccc(Cl)cc2)nc2ccccn2c1=O. The van der Waals surface area contributed by atoms with Crippen LogP contribution in [0.2, 0.25) is 5.02 Å². The fraction of sp³-hybridized carbons (Fsp3) is 0. The number of hydrogen-bond donors (Lipinski definition) is 2. The van der Waals surface area contributed by atoms with E-state index in [1.807, 2.05) is 12.1 Å². The Balaban J connectivity index is 2.10. The number of pyridine rings is 1. The van der Waals surface area contributed by atoms with Gasteiger partial charge in [-0.15, -0.1) is 0 Å². The van der Waals surface area contributed by atoms with E-state index in [1.165, 1.54) is 22.4 Å². The molecule has 0 saturated heterocycles. The zero-order valence-corrected chi connectivity index (χ0v) is 14.3. The molecule has 0 aliphatic carbocycles. The lowest BCUT2D eigenvalue weighted by molar-refractivity contribution is 0.249. The van der Waals surface area contributed by atoms with Crippen LogP contribution in [-0.2, 0) is 0 Å². The molecule has 0 radical (unpaired) electrons. The van der Waals surface area contributed by atoms with Crippen LogP contribution in [0.25, 0.3) is 5.65 Å². The third-order valence-corrected chi connectivity index (χ3v) is 4.40. The highest BCUT2D eigenvalue weighted by Crippen LogP contribution is 2.28. The maximum absolute atomic E-state index is 12.7.